The second-order valence-electron chi connectivity index (χ2n) is 5.66. The topological polar surface area (TPSA) is 79.4 Å². The van der Waals surface area contributed by atoms with Crippen molar-refractivity contribution in [2.75, 3.05) is 19.4 Å². The summed E-state index contributed by atoms with van der Waals surface area (Å²) in [6.07, 6.45) is 0.131. The lowest BCUT2D eigenvalue weighted by atomic mass is 10.3. The molecule has 136 valence electrons. The first-order valence-electron chi connectivity index (χ1n) is 7.67. The van der Waals surface area contributed by atoms with E-state index < -0.39 is 10.0 Å². The molecule has 26 heavy (non-hydrogen) atoms. The van der Waals surface area contributed by atoms with Crippen LogP contribution < -0.4 is 5.32 Å². The Hall–Kier alpha value is -2.07. The zero-order chi connectivity index (χ0) is 18.7. The molecule has 0 unspecified atom stereocenters. The molecule has 2 heterocycles. The van der Waals surface area contributed by atoms with Crippen molar-refractivity contribution in [3.63, 3.8) is 0 Å². The molecule has 6 nitrogen and oxygen atoms in total. The molecular weight excluding hydrogens is 390 g/mol. The van der Waals surface area contributed by atoms with E-state index in [-0.39, 0.29) is 17.2 Å². The Morgan fingerprint density at radius 2 is 2.00 bits per heavy atom. The zero-order valence-corrected chi connectivity index (χ0v) is 16.6. The molecule has 9 heteroatoms. The molecule has 3 aromatic rings. The lowest BCUT2D eigenvalue weighted by Crippen LogP contribution is -2.22. The van der Waals surface area contributed by atoms with Gasteiger partial charge >= 0.3 is 0 Å². The van der Waals surface area contributed by atoms with Gasteiger partial charge in [-0.15, -0.1) is 22.7 Å². The van der Waals surface area contributed by atoms with Gasteiger partial charge in [-0.3, -0.25) is 4.79 Å². The fourth-order valence-electron chi connectivity index (χ4n) is 2.22. The summed E-state index contributed by atoms with van der Waals surface area (Å²) in [7, 11) is -0.611. The second-order valence-corrected chi connectivity index (χ2v) is 9.62. The molecule has 1 aromatic carbocycles. The van der Waals surface area contributed by atoms with Crippen LogP contribution >= 0.6 is 22.7 Å². The number of hydrogen-bond donors (Lipinski definition) is 1. The van der Waals surface area contributed by atoms with E-state index in [1.165, 1.54) is 37.6 Å². The van der Waals surface area contributed by atoms with Crippen LogP contribution in [0.25, 0.3) is 9.88 Å². The number of thiophene rings is 1. The molecule has 0 saturated carbocycles. The van der Waals surface area contributed by atoms with Crippen molar-refractivity contribution in [1.29, 1.82) is 0 Å². The molecule has 1 amide bonds. The summed E-state index contributed by atoms with van der Waals surface area (Å²) in [6.45, 7) is 0. The Morgan fingerprint density at radius 1 is 1.19 bits per heavy atom. The van der Waals surface area contributed by atoms with Crippen molar-refractivity contribution < 1.29 is 13.2 Å². The van der Waals surface area contributed by atoms with E-state index in [4.69, 9.17) is 0 Å². The van der Waals surface area contributed by atoms with E-state index in [0.29, 0.717) is 11.4 Å². The molecule has 0 bridgehead atoms. The molecule has 0 aliphatic heterocycles. The number of aromatic nitrogens is 1. The van der Waals surface area contributed by atoms with E-state index in [9.17, 15) is 13.2 Å². The van der Waals surface area contributed by atoms with Crippen molar-refractivity contribution in [2.45, 2.75) is 11.3 Å². The SMILES string of the molecule is CN(C)S(=O)(=O)c1cccc(NC(=O)Cc2csc(-c3cccs3)n2)c1. The lowest BCUT2D eigenvalue weighted by Gasteiger charge is -2.12. The number of rotatable bonds is 6. The van der Waals surface area contributed by atoms with Crippen LogP contribution in [-0.2, 0) is 21.2 Å². The van der Waals surface area contributed by atoms with Crippen molar-refractivity contribution in [3.05, 3.63) is 52.9 Å². The van der Waals surface area contributed by atoms with Crippen molar-refractivity contribution in [2.24, 2.45) is 0 Å². The van der Waals surface area contributed by atoms with Crippen LogP contribution in [0.1, 0.15) is 5.69 Å². The van der Waals surface area contributed by atoms with Crippen LogP contribution in [0.15, 0.2) is 52.1 Å². The van der Waals surface area contributed by atoms with Gasteiger partial charge in [0.15, 0.2) is 0 Å². The monoisotopic (exact) mass is 407 g/mol. The van der Waals surface area contributed by atoms with Gasteiger partial charge in [0.2, 0.25) is 15.9 Å². The highest BCUT2D eigenvalue weighted by atomic mass is 32.2. The molecule has 0 fully saturated rings. The summed E-state index contributed by atoms with van der Waals surface area (Å²) in [5.74, 6) is -0.243. The Labute approximate surface area is 160 Å². The molecule has 2 aromatic heterocycles. The number of anilines is 1. The van der Waals surface area contributed by atoms with Crippen LogP contribution in [0.2, 0.25) is 0 Å². The highest BCUT2D eigenvalue weighted by Crippen LogP contribution is 2.28. The van der Waals surface area contributed by atoms with Gasteiger partial charge in [0, 0.05) is 25.2 Å². The third kappa shape index (κ3) is 4.18. The maximum atomic E-state index is 12.3. The number of nitrogens with one attached hydrogen (secondary N) is 1. The summed E-state index contributed by atoms with van der Waals surface area (Å²) in [6, 6.07) is 10.2. The van der Waals surface area contributed by atoms with E-state index in [2.05, 4.69) is 10.3 Å². The molecule has 3 rings (SSSR count). The average molecular weight is 408 g/mol. The van der Waals surface area contributed by atoms with Gasteiger partial charge in [0.1, 0.15) is 5.01 Å². The molecule has 0 aliphatic rings. The van der Waals surface area contributed by atoms with Gasteiger partial charge in [0.25, 0.3) is 0 Å². The number of nitrogens with zero attached hydrogens (tertiary/aromatic N) is 2. The smallest absolute Gasteiger partial charge is 0.242 e. The first kappa shape index (κ1) is 18.7. The van der Waals surface area contributed by atoms with Crippen molar-refractivity contribution in [1.82, 2.24) is 9.29 Å². The van der Waals surface area contributed by atoms with E-state index in [1.807, 2.05) is 22.9 Å². The van der Waals surface area contributed by atoms with Crippen molar-refractivity contribution >= 4 is 44.3 Å². The zero-order valence-electron chi connectivity index (χ0n) is 14.2. The minimum Gasteiger partial charge on any atom is -0.326 e. The maximum Gasteiger partial charge on any atom is 0.242 e. The minimum absolute atomic E-state index is 0.131. The minimum atomic E-state index is -3.54. The quantitative estimate of drug-likeness (QED) is 0.680. The third-order valence-electron chi connectivity index (χ3n) is 3.52. The molecule has 0 spiro atoms. The Morgan fingerprint density at radius 3 is 2.69 bits per heavy atom. The summed E-state index contributed by atoms with van der Waals surface area (Å²) in [5.41, 5.74) is 1.12. The Bertz CT molecular complexity index is 1010. The lowest BCUT2D eigenvalue weighted by molar-refractivity contribution is -0.115. The standard InChI is InChI=1S/C17H17N3O3S3/c1-20(2)26(22,23)14-6-3-5-12(9-14)18-16(21)10-13-11-25-17(19-13)15-7-4-8-24-15/h3-9,11H,10H2,1-2H3,(H,18,21). The van der Waals surface area contributed by atoms with Crippen LogP contribution in [0.3, 0.4) is 0 Å². The number of thiazole rings is 1. The van der Waals surface area contributed by atoms with Crippen LogP contribution in [0.4, 0.5) is 5.69 Å². The number of sulfonamides is 1. The molecule has 0 aliphatic carbocycles. The van der Waals surface area contributed by atoms with Gasteiger partial charge in [-0.2, -0.15) is 0 Å². The molecule has 0 saturated heterocycles. The number of amides is 1. The Balaban J connectivity index is 1.69. The van der Waals surface area contributed by atoms with Crippen LogP contribution in [-0.4, -0.2) is 37.7 Å². The Kier molecular flexibility index (Phi) is 5.52. The van der Waals surface area contributed by atoms with Gasteiger partial charge < -0.3 is 5.32 Å². The largest absolute Gasteiger partial charge is 0.326 e. The summed E-state index contributed by atoms with van der Waals surface area (Å²) in [4.78, 5) is 18.0. The highest BCUT2D eigenvalue weighted by molar-refractivity contribution is 7.89. The van der Waals surface area contributed by atoms with E-state index in [1.54, 1.807) is 23.5 Å². The highest BCUT2D eigenvalue weighted by Gasteiger charge is 2.18. The summed E-state index contributed by atoms with van der Waals surface area (Å²) >= 11 is 3.10. The first-order valence-corrected chi connectivity index (χ1v) is 10.9. The fourth-order valence-corrected chi connectivity index (χ4v) is 4.80. The maximum absolute atomic E-state index is 12.3. The van der Waals surface area contributed by atoms with Gasteiger partial charge in [-0.1, -0.05) is 12.1 Å². The predicted octanol–water partition coefficient (Wildman–Crippen LogP) is 3.30. The first-order chi connectivity index (χ1) is 12.4. The van der Waals surface area contributed by atoms with E-state index >= 15 is 0 Å². The van der Waals surface area contributed by atoms with Crippen molar-refractivity contribution in [3.8, 4) is 9.88 Å². The second kappa shape index (κ2) is 7.67. The normalized spacial score (nSPS) is 11.7. The predicted molar refractivity (Wildman–Crippen MR) is 105 cm³/mol. The molecular formula is C17H17N3O3S3. The molecule has 0 atom stereocenters. The number of carbonyl (C=O) groups excluding carboxylic acids is 1. The molecule has 0 radical (unpaired) electrons. The number of benzene rings is 1. The summed E-state index contributed by atoms with van der Waals surface area (Å²) < 4.78 is 25.5. The summed E-state index contributed by atoms with van der Waals surface area (Å²) in [5, 5.41) is 7.47. The molecule has 1 N–H and O–H groups in total. The van der Waals surface area contributed by atoms with Gasteiger partial charge in [-0.05, 0) is 29.6 Å². The van der Waals surface area contributed by atoms with Crippen LogP contribution in [0, 0.1) is 0 Å². The van der Waals surface area contributed by atoms with Crippen LogP contribution in [0.5, 0.6) is 0 Å². The average Bonchev–Trinajstić information content (AvgIpc) is 3.26. The van der Waals surface area contributed by atoms with Gasteiger partial charge in [-0.25, -0.2) is 17.7 Å². The van der Waals surface area contributed by atoms with E-state index in [0.717, 1.165) is 14.2 Å². The third-order valence-corrected chi connectivity index (χ3v) is 7.26. The number of hydrogen-bond acceptors (Lipinski definition) is 6. The fraction of sp³-hybridized carbons (Fsp3) is 0.176. The number of carbonyl (C=O) groups is 1. The van der Waals surface area contributed by atoms with Gasteiger partial charge in [0.05, 0.1) is 21.9 Å².